The topological polar surface area (TPSA) is 29.3 Å². The average Bonchev–Trinajstić information content (AvgIpc) is 2.72. The van der Waals surface area contributed by atoms with Crippen LogP contribution >= 0.6 is 35.3 Å². The normalized spacial score (nSPS) is 11.1. The second-order valence-corrected chi connectivity index (χ2v) is 8.62. The van der Waals surface area contributed by atoms with Gasteiger partial charge in [0.1, 0.15) is 5.82 Å². The van der Waals surface area contributed by atoms with E-state index >= 15 is 0 Å². The molecule has 0 fully saturated rings. The quantitative estimate of drug-likeness (QED) is 0.320. The minimum Gasteiger partial charge on any atom is -0.294 e. The Morgan fingerprint density at radius 1 is 0.857 bits per heavy atom. The lowest BCUT2D eigenvalue weighted by atomic mass is 10.1. The molecule has 0 spiro atoms. The maximum Gasteiger partial charge on any atom is 0.129 e. The second-order valence-electron chi connectivity index (χ2n) is 6.33. The minimum absolute atomic E-state index is 0.261. The third-order valence-corrected chi connectivity index (χ3v) is 6.22. The molecule has 0 heterocycles. The van der Waals surface area contributed by atoms with Crippen LogP contribution in [0, 0.1) is 5.82 Å². The summed E-state index contributed by atoms with van der Waals surface area (Å²) < 4.78 is 14.3. The van der Waals surface area contributed by atoms with E-state index in [1.807, 2.05) is 30.3 Å². The fourth-order valence-electron chi connectivity index (χ4n) is 2.86. The molecule has 146 valence electrons. The summed E-state index contributed by atoms with van der Waals surface area (Å²) >= 11 is 9.28. The Morgan fingerprint density at radius 3 is 2.29 bits per heavy atom. The molecule has 0 bridgehead atoms. The van der Waals surface area contributed by atoms with Gasteiger partial charge in [0.2, 0.25) is 0 Å². The van der Waals surface area contributed by atoms with Gasteiger partial charge in [-0.15, -0.1) is 11.8 Å². The van der Waals surface area contributed by atoms with Crippen molar-refractivity contribution in [3.63, 3.8) is 0 Å². The zero-order chi connectivity index (χ0) is 19.8. The molecule has 2 N–H and O–H groups in total. The molecule has 0 aliphatic carbocycles. The Kier molecular flexibility index (Phi) is 8.25. The van der Waals surface area contributed by atoms with Gasteiger partial charge in [-0.3, -0.25) is 10.0 Å². The van der Waals surface area contributed by atoms with E-state index in [2.05, 4.69) is 29.2 Å². The van der Waals surface area contributed by atoms with E-state index in [0.29, 0.717) is 17.1 Å². The first-order valence-corrected chi connectivity index (χ1v) is 11.2. The SMILES string of the molecule is NSc1ccc(CN(CCSc2ccccc2)Cc2c(F)cccc2Cl)cc1. The van der Waals surface area contributed by atoms with Crippen molar-refractivity contribution in [2.45, 2.75) is 22.9 Å². The van der Waals surface area contributed by atoms with Crippen molar-refractivity contribution in [2.24, 2.45) is 5.14 Å². The molecule has 0 aromatic heterocycles. The van der Waals surface area contributed by atoms with Gasteiger partial charge >= 0.3 is 0 Å². The zero-order valence-electron chi connectivity index (χ0n) is 15.4. The number of nitrogens with zero attached hydrogens (tertiary/aromatic N) is 1. The Morgan fingerprint density at radius 2 is 1.61 bits per heavy atom. The lowest BCUT2D eigenvalue weighted by Crippen LogP contribution is -2.26. The van der Waals surface area contributed by atoms with E-state index in [0.717, 1.165) is 29.3 Å². The van der Waals surface area contributed by atoms with Crippen molar-refractivity contribution in [1.82, 2.24) is 4.90 Å². The molecular weight excluding hydrogens is 411 g/mol. The summed E-state index contributed by atoms with van der Waals surface area (Å²) in [6.07, 6.45) is 0. The molecule has 0 saturated carbocycles. The summed E-state index contributed by atoms with van der Waals surface area (Å²) in [5.74, 6) is 0.649. The van der Waals surface area contributed by atoms with Gasteiger partial charge in [-0.25, -0.2) is 4.39 Å². The van der Waals surface area contributed by atoms with Gasteiger partial charge in [-0.2, -0.15) is 0 Å². The summed E-state index contributed by atoms with van der Waals surface area (Å²) in [6, 6.07) is 23.3. The monoisotopic (exact) mass is 432 g/mol. The van der Waals surface area contributed by atoms with Crippen LogP contribution in [0.3, 0.4) is 0 Å². The summed E-state index contributed by atoms with van der Waals surface area (Å²) in [4.78, 5) is 4.48. The molecule has 0 unspecified atom stereocenters. The molecule has 0 radical (unpaired) electrons. The summed E-state index contributed by atoms with van der Waals surface area (Å²) in [6.45, 7) is 2.00. The molecule has 0 atom stereocenters. The van der Waals surface area contributed by atoms with E-state index in [1.54, 1.807) is 23.9 Å². The maximum atomic E-state index is 14.3. The number of nitrogens with two attached hydrogens (primary N) is 1. The van der Waals surface area contributed by atoms with E-state index in [4.69, 9.17) is 16.7 Å². The molecule has 3 aromatic carbocycles. The average molecular weight is 433 g/mol. The Hall–Kier alpha value is -1.50. The van der Waals surface area contributed by atoms with E-state index in [9.17, 15) is 4.39 Å². The fourth-order valence-corrected chi connectivity index (χ4v) is 4.31. The molecular formula is C22H22ClFN2S2. The summed E-state index contributed by atoms with van der Waals surface area (Å²) in [5, 5.41) is 6.07. The first kappa shape index (κ1) is 21.2. The van der Waals surface area contributed by atoms with E-state index in [1.165, 1.54) is 22.9 Å². The molecule has 0 aliphatic heterocycles. The third kappa shape index (κ3) is 6.26. The fraction of sp³-hybridized carbons (Fsp3) is 0.182. The number of rotatable bonds is 9. The first-order valence-electron chi connectivity index (χ1n) is 8.94. The van der Waals surface area contributed by atoms with Gasteiger partial charge in [0.05, 0.1) is 0 Å². The van der Waals surface area contributed by atoms with Crippen molar-refractivity contribution < 1.29 is 4.39 Å². The van der Waals surface area contributed by atoms with Crippen LogP contribution in [0.4, 0.5) is 4.39 Å². The Balaban J connectivity index is 1.70. The van der Waals surface area contributed by atoms with Gasteiger partial charge < -0.3 is 0 Å². The van der Waals surface area contributed by atoms with Crippen molar-refractivity contribution in [3.05, 3.63) is 94.8 Å². The third-order valence-electron chi connectivity index (χ3n) is 4.33. The highest BCUT2D eigenvalue weighted by Crippen LogP contribution is 2.23. The molecule has 6 heteroatoms. The van der Waals surface area contributed by atoms with Crippen molar-refractivity contribution in [2.75, 3.05) is 12.3 Å². The lowest BCUT2D eigenvalue weighted by Gasteiger charge is -2.23. The van der Waals surface area contributed by atoms with Crippen LogP contribution in [-0.2, 0) is 13.1 Å². The van der Waals surface area contributed by atoms with Gasteiger partial charge in [-0.1, -0.05) is 48.0 Å². The van der Waals surface area contributed by atoms with Gasteiger partial charge in [0, 0.05) is 45.8 Å². The summed E-state index contributed by atoms with van der Waals surface area (Å²) in [7, 11) is 0. The van der Waals surface area contributed by atoms with Crippen molar-refractivity contribution in [3.8, 4) is 0 Å². The van der Waals surface area contributed by atoms with Crippen LogP contribution in [0.15, 0.2) is 82.6 Å². The van der Waals surface area contributed by atoms with Crippen LogP contribution in [-0.4, -0.2) is 17.2 Å². The molecule has 2 nitrogen and oxygen atoms in total. The smallest absolute Gasteiger partial charge is 0.129 e. The van der Waals surface area contributed by atoms with E-state index < -0.39 is 0 Å². The molecule has 3 rings (SSSR count). The lowest BCUT2D eigenvalue weighted by molar-refractivity contribution is 0.270. The van der Waals surface area contributed by atoms with Crippen LogP contribution < -0.4 is 5.14 Å². The van der Waals surface area contributed by atoms with Crippen molar-refractivity contribution >= 4 is 35.3 Å². The standard InChI is InChI=1S/C22H22ClFN2S2/c23-21-7-4-8-22(24)20(21)16-26(13-14-27-18-5-2-1-3-6-18)15-17-9-11-19(28-25)12-10-17/h1-12H,13-16,25H2. The first-order chi connectivity index (χ1) is 13.7. The number of benzene rings is 3. The molecule has 0 saturated heterocycles. The van der Waals surface area contributed by atoms with Crippen LogP contribution in [0.1, 0.15) is 11.1 Å². The van der Waals surface area contributed by atoms with Crippen LogP contribution in [0.2, 0.25) is 5.02 Å². The van der Waals surface area contributed by atoms with Gasteiger partial charge in [0.15, 0.2) is 0 Å². The van der Waals surface area contributed by atoms with Gasteiger partial charge in [0.25, 0.3) is 0 Å². The summed E-state index contributed by atoms with van der Waals surface area (Å²) in [5.41, 5.74) is 1.71. The molecule has 3 aromatic rings. The van der Waals surface area contributed by atoms with E-state index in [-0.39, 0.29) is 5.82 Å². The number of halogens is 2. The molecule has 0 amide bonds. The maximum absolute atomic E-state index is 14.3. The van der Waals surface area contributed by atoms with Crippen molar-refractivity contribution in [1.29, 1.82) is 0 Å². The highest BCUT2D eigenvalue weighted by Gasteiger charge is 2.13. The zero-order valence-corrected chi connectivity index (χ0v) is 17.7. The predicted octanol–water partition coefficient (Wildman–Crippen LogP) is 6.24. The highest BCUT2D eigenvalue weighted by molar-refractivity contribution is 7.99. The minimum atomic E-state index is -0.261. The molecule has 0 aliphatic rings. The predicted molar refractivity (Wildman–Crippen MR) is 119 cm³/mol. The Bertz CT molecular complexity index is 855. The van der Waals surface area contributed by atoms with Crippen LogP contribution in [0.5, 0.6) is 0 Å². The largest absolute Gasteiger partial charge is 0.294 e. The van der Waals surface area contributed by atoms with Crippen LogP contribution in [0.25, 0.3) is 0 Å². The number of thioether (sulfide) groups is 1. The van der Waals surface area contributed by atoms with Gasteiger partial charge in [-0.05, 0) is 53.9 Å². The second kappa shape index (κ2) is 10.9. The number of hydrogen-bond donors (Lipinski definition) is 1. The highest BCUT2D eigenvalue weighted by atomic mass is 35.5. The number of hydrogen-bond acceptors (Lipinski definition) is 4. The Labute approximate surface area is 179 Å². The molecule has 28 heavy (non-hydrogen) atoms.